The molecular weight excluding hydrogens is 114 g/mol. The summed E-state index contributed by atoms with van der Waals surface area (Å²) in [5.74, 6) is 0. The van der Waals surface area contributed by atoms with Gasteiger partial charge in [-0.05, 0) is 19.6 Å². The van der Waals surface area contributed by atoms with Crippen LogP contribution < -0.4 is 0 Å². The van der Waals surface area contributed by atoms with Crippen LogP contribution in [0.4, 0.5) is 0 Å². The average molecular weight is 128 g/mol. The van der Waals surface area contributed by atoms with Crippen molar-refractivity contribution in [1.29, 1.82) is 0 Å². The van der Waals surface area contributed by atoms with Crippen LogP contribution in [0.3, 0.4) is 0 Å². The van der Waals surface area contributed by atoms with Crippen molar-refractivity contribution in [3.8, 4) is 0 Å². The molecule has 0 amide bonds. The van der Waals surface area contributed by atoms with E-state index in [1.165, 1.54) is 0 Å². The van der Waals surface area contributed by atoms with Crippen LogP contribution in [-0.4, -0.2) is 30.8 Å². The first-order valence-electron chi connectivity index (χ1n) is 3.42. The molecule has 0 N–H and O–H groups in total. The van der Waals surface area contributed by atoms with E-state index in [4.69, 9.17) is 0 Å². The molecule has 0 fully saturated rings. The molecule has 0 rings (SSSR count). The van der Waals surface area contributed by atoms with E-state index in [0.717, 1.165) is 19.6 Å². The van der Waals surface area contributed by atoms with Gasteiger partial charge in [-0.15, -0.1) is 6.42 Å². The van der Waals surface area contributed by atoms with Crippen molar-refractivity contribution < 1.29 is 4.79 Å². The molecule has 2 nitrogen and oxygen atoms in total. The van der Waals surface area contributed by atoms with E-state index in [1.54, 1.807) is 0 Å². The van der Waals surface area contributed by atoms with E-state index in [2.05, 4.69) is 18.7 Å². The van der Waals surface area contributed by atoms with Crippen LogP contribution >= 0.6 is 0 Å². The first-order valence-corrected chi connectivity index (χ1v) is 3.42. The Morgan fingerprint density at radius 1 is 1.33 bits per heavy atom. The number of carbonyl (C=O) groups excluding carboxylic acids is 1. The molecule has 0 radical (unpaired) electrons. The van der Waals surface area contributed by atoms with Gasteiger partial charge in [0.1, 0.15) is 0 Å². The van der Waals surface area contributed by atoms with E-state index in [-0.39, 0.29) is 0 Å². The van der Waals surface area contributed by atoms with Crippen LogP contribution in [0.15, 0.2) is 0 Å². The predicted molar refractivity (Wildman–Crippen MR) is 38.1 cm³/mol. The second-order valence-electron chi connectivity index (χ2n) is 1.92. The van der Waals surface area contributed by atoms with Crippen molar-refractivity contribution in [2.24, 2.45) is 0 Å². The highest BCUT2D eigenvalue weighted by Gasteiger charge is 1.91. The van der Waals surface area contributed by atoms with Crippen molar-refractivity contribution in [1.82, 2.24) is 4.90 Å². The van der Waals surface area contributed by atoms with Gasteiger partial charge in [-0.3, -0.25) is 6.29 Å². The molecular formula is C7H14NO-. The van der Waals surface area contributed by atoms with Gasteiger partial charge in [-0.25, -0.2) is 0 Å². The molecule has 54 valence electrons. The van der Waals surface area contributed by atoms with Gasteiger partial charge in [0.2, 0.25) is 0 Å². The van der Waals surface area contributed by atoms with Gasteiger partial charge < -0.3 is 9.69 Å². The average Bonchev–Trinajstić information content (AvgIpc) is 1.91. The molecule has 0 aliphatic carbocycles. The highest BCUT2D eigenvalue weighted by atomic mass is 16.1. The van der Waals surface area contributed by atoms with Crippen LogP contribution in [0.1, 0.15) is 20.3 Å². The van der Waals surface area contributed by atoms with Crippen LogP contribution in [-0.2, 0) is 4.79 Å². The molecule has 0 saturated heterocycles. The van der Waals surface area contributed by atoms with E-state index < -0.39 is 0 Å². The summed E-state index contributed by atoms with van der Waals surface area (Å²) in [6.45, 7) is 7.09. The maximum Gasteiger partial charge on any atom is -0.00483 e. The third kappa shape index (κ3) is 4.15. The third-order valence-electron chi connectivity index (χ3n) is 1.42. The molecule has 0 unspecified atom stereocenters. The Morgan fingerprint density at radius 3 is 2.22 bits per heavy atom. The molecule has 0 aromatic carbocycles. The number of hydrogen-bond acceptors (Lipinski definition) is 2. The topological polar surface area (TPSA) is 20.3 Å². The van der Waals surface area contributed by atoms with Gasteiger partial charge in [0.25, 0.3) is 0 Å². The van der Waals surface area contributed by atoms with Crippen LogP contribution in [0.2, 0.25) is 0 Å². The lowest BCUT2D eigenvalue weighted by molar-refractivity contribution is 0.311. The van der Waals surface area contributed by atoms with Crippen molar-refractivity contribution in [2.75, 3.05) is 19.6 Å². The first-order chi connectivity index (χ1) is 4.35. The van der Waals surface area contributed by atoms with Gasteiger partial charge >= 0.3 is 0 Å². The molecule has 0 aromatic rings. The lowest BCUT2D eigenvalue weighted by Crippen LogP contribution is -2.24. The Morgan fingerprint density at radius 2 is 1.89 bits per heavy atom. The molecule has 0 aromatic heterocycles. The maximum absolute atomic E-state index is 9.79. The molecule has 0 aliphatic heterocycles. The highest BCUT2D eigenvalue weighted by Crippen LogP contribution is 1.86. The highest BCUT2D eigenvalue weighted by molar-refractivity contribution is 5.50. The van der Waals surface area contributed by atoms with Crippen LogP contribution in [0.25, 0.3) is 0 Å². The quantitative estimate of drug-likeness (QED) is 0.511. The third-order valence-corrected chi connectivity index (χ3v) is 1.42. The summed E-state index contributed by atoms with van der Waals surface area (Å²) in [7, 11) is 0. The minimum absolute atomic E-state index is 0.543. The fraction of sp³-hybridized carbons (Fsp3) is 0.857. The minimum Gasteiger partial charge on any atom is -0.542 e. The fourth-order valence-corrected chi connectivity index (χ4v) is 0.744. The normalized spacial score (nSPS) is 10.1. The summed E-state index contributed by atoms with van der Waals surface area (Å²) in [4.78, 5) is 12.0. The fourth-order valence-electron chi connectivity index (χ4n) is 0.744. The molecule has 0 bridgehead atoms. The monoisotopic (exact) mass is 128 g/mol. The van der Waals surface area contributed by atoms with Crippen LogP contribution in [0, 0.1) is 0 Å². The van der Waals surface area contributed by atoms with Crippen molar-refractivity contribution in [2.45, 2.75) is 20.3 Å². The van der Waals surface area contributed by atoms with Gasteiger partial charge in [-0.1, -0.05) is 13.8 Å². The van der Waals surface area contributed by atoms with E-state index in [1.807, 2.05) is 6.29 Å². The number of rotatable bonds is 5. The summed E-state index contributed by atoms with van der Waals surface area (Å²) in [5.41, 5.74) is 0. The van der Waals surface area contributed by atoms with Crippen molar-refractivity contribution in [3.05, 3.63) is 0 Å². The summed E-state index contributed by atoms with van der Waals surface area (Å²) >= 11 is 0. The smallest absolute Gasteiger partial charge is 0.00483 e. The SMILES string of the molecule is CCN(CC)CC[C-]=O. The molecule has 0 saturated carbocycles. The summed E-state index contributed by atoms with van der Waals surface area (Å²) in [5, 5.41) is 0. The zero-order chi connectivity index (χ0) is 7.11. The van der Waals surface area contributed by atoms with Gasteiger partial charge in [0.05, 0.1) is 0 Å². The second kappa shape index (κ2) is 5.76. The number of nitrogens with zero attached hydrogens (tertiary/aromatic N) is 1. The summed E-state index contributed by atoms with van der Waals surface area (Å²) in [6, 6.07) is 0. The molecule has 9 heavy (non-hydrogen) atoms. The van der Waals surface area contributed by atoms with E-state index in [9.17, 15) is 4.79 Å². The molecule has 2 heteroatoms. The lowest BCUT2D eigenvalue weighted by Gasteiger charge is -2.17. The molecule has 0 atom stereocenters. The number of hydrogen-bond donors (Lipinski definition) is 0. The van der Waals surface area contributed by atoms with Gasteiger partial charge in [0, 0.05) is 0 Å². The van der Waals surface area contributed by atoms with Gasteiger partial charge in [0.15, 0.2) is 0 Å². The molecule has 0 spiro atoms. The first kappa shape index (κ1) is 8.63. The minimum atomic E-state index is 0.543. The Balaban J connectivity index is 3.19. The standard InChI is InChI=1S/C7H14NO/c1-3-8(4-2)6-5-7-9/h3-6H2,1-2H3/q-1. The molecule has 0 aliphatic rings. The van der Waals surface area contributed by atoms with Crippen molar-refractivity contribution >= 4 is 6.29 Å². The Hall–Kier alpha value is -0.370. The predicted octanol–water partition coefficient (Wildman–Crippen LogP) is 0.828. The Kier molecular flexibility index (Phi) is 5.52. The maximum atomic E-state index is 9.79. The van der Waals surface area contributed by atoms with Crippen molar-refractivity contribution in [3.63, 3.8) is 0 Å². The second-order valence-corrected chi connectivity index (χ2v) is 1.92. The Labute approximate surface area is 56.9 Å². The van der Waals surface area contributed by atoms with E-state index in [0.29, 0.717) is 6.42 Å². The van der Waals surface area contributed by atoms with Crippen LogP contribution in [0.5, 0.6) is 0 Å². The summed E-state index contributed by atoms with van der Waals surface area (Å²) < 4.78 is 0. The largest absolute Gasteiger partial charge is 0.542 e. The van der Waals surface area contributed by atoms with Gasteiger partial charge in [-0.2, -0.15) is 0 Å². The lowest BCUT2D eigenvalue weighted by atomic mass is 10.4. The zero-order valence-electron chi connectivity index (χ0n) is 6.18. The summed E-state index contributed by atoms with van der Waals surface area (Å²) in [6.07, 6.45) is 2.42. The molecule has 0 heterocycles. The van der Waals surface area contributed by atoms with E-state index >= 15 is 0 Å². The Bertz CT molecular complexity index is 69.3. The zero-order valence-corrected chi connectivity index (χ0v) is 6.18.